The first-order valence-electron chi connectivity index (χ1n) is 6.37. The molecule has 1 aromatic rings. The number of nitrogens with one attached hydrogen (secondary N) is 1. The molecule has 0 saturated carbocycles. The van der Waals surface area contributed by atoms with Crippen LogP contribution in [0, 0.1) is 5.82 Å². The highest BCUT2D eigenvalue weighted by Crippen LogP contribution is 2.28. The fraction of sp³-hybridized carbons (Fsp3) is 0.571. The lowest BCUT2D eigenvalue weighted by Crippen LogP contribution is -2.35. The van der Waals surface area contributed by atoms with Crippen molar-refractivity contribution in [2.24, 2.45) is 0 Å². The van der Waals surface area contributed by atoms with Gasteiger partial charge in [-0.25, -0.2) is 4.39 Å². The van der Waals surface area contributed by atoms with E-state index in [0.29, 0.717) is 6.04 Å². The molecule has 2 rings (SSSR count). The van der Waals surface area contributed by atoms with Crippen LogP contribution in [0.25, 0.3) is 0 Å². The molecule has 0 bridgehead atoms. The van der Waals surface area contributed by atoms with Crippen LogP contribution in [-0.2, 0) is 6.42 Å². The summed E-state index contributed by atoms with van der Waals surface area (Å²) >= 11 is 0. The summed E-state index contributed by atoms with van der Waals surface area (Å²) in [7, 11) is 0. The average Bonchev–Trinajstić information content (AvgIpc) is 2.68. The molecule has 0 fully saturated rings. The Hall–Kier alpha value is -1.09. The van der Waals surface area contributed by atoms with Crippen molar-refractivity contribution in [3.05, 3.63) is 29.6 Å². The van der Waals surface area contributed by atoms with Gasteiger partial charge in [-0.3, -0.25) is 0 Å². The summed E-state index contributed by atoms with van der Waals surface area (Å²) in [5.41, 5.74) is 0.986. The largest absolute Gasteiger partial charge is 0.488 e. The van der Waals surface area contributed by atoms with Crippen LogP contribution in [0.15, 0.2) is 18.2 Å². The van der Waals surface area contributed by atoms with Gasteiger partial charge in [-0.15, -0.1) is 0 Å². The van der Waals surface area contributed by atoms with Crippen LogP contribution in [0.1, 0.15) is 32.3 Å². The lowest BCUT2D eigenvalue weighted by molar-refractivity contribution is 0.221. The molecule has 0 radical (unpaired) electrons. The highest BCUT2D eigenvalue weighted by atomic mass is 19.1. The first-order chi connectivity index (χ1) is 8.19. The Kier molecular flexibility index (Phi) is 4.00. The number of ether oxygens (including phenoxy) is 1. The summed E-state index contributed by atoms with van der Waals surface area (Å²) in [5.74, 6) is 0.654. The molecule has 3 heteroatoms. The van der Waals surface area contributed by atoms with E-state index in [-0.39, 0.29) is 11.9 Å². The van der Waals surface area contributed by atoms with Crippen LogP contribution in [0.2, 0.25) is 0 Å². The maximum absolute atomic E-state index is 13.0. The molecule has 1 N–H and O–H groups in total. The highest BCUT2D eigenvalue weighted by molar-refractivity contribution is 5.37. The maximum atomic E-state index is 13.0. The second kappa shape index (κ2) is 5.50. The molecule has 0 saturated heterocycles. The molecular formula is C14H20FNO. The fourth-order valence-electron chi connectivity index (χ4n) is 2.27. The van der Waals surface area contributed by atoms with Crippen molar-refractivity contribution in [1.82, 2.24) is 5.32 Å². The van der Waals surface area contributed by atoms with E-state index in [1.165, 1.54) is 18.9 Å². The van der Waals surface area contributed by atoms with Gasteiger partial charge in [0.1, 0.15) is 17.7 Å². The molecule has 2 atom stereocenters. The summed E-state index contributed by atoms with van der Waals surface area (Å²) in [6.07, 6.45) is 3.31. The van der Waals surface area contributed by atoms with Gasteiger partial charge in [0.15, 0.2) is 0 Å². The molecule has 0 amide bonds. The fourth-order valence-corrected chi connectivity index (χ4v) is 2.27. The molecule has 1 heterocycles. The number of rotatable bonds is 5. The Labute approximate surface area is 102 Å². The number of hydrogen-bond acceptors (Lipinski definition) is 2. The van der Waals surface area contributed by atoms with Crippen LogP contribution < -0.4 is 10.1 Å². The highest BCUT2D eigenvalue weighted by Gasteiger charge is 2.23. The van der Waals surface area contributed by atoms with Gasteiger partial charge in [0.25, 0.3) is 0 Å². The molecule has 0 aromatic heterocycles. The number of hydrogen-bond donors (Lipinski definition) is 1. The van der Waals surface area contributed by atoms with Gasteiger partial charge in [-0.2, -0.15) is 0 Å². The van der Waals surface area contributed by atoms with E-state index in [9.17, 15) is 4.39 Å². The number of benzene rings is 1. The van der Waals surface area contributed by atoms with E-state index < -0.39 is 0 Å². The topological polar surface area (TPSA) is 21.3 Å². The van der Waals surface area contributed by atoms with Gasteiger partial charge in [-0.05, 0) is 31.5 Å². The molecule has 1 aliphatic rings. The summed E-state index contributed by atoms with van der Waals surface area (Å²) in [6, 6.07) is 5.27. The van der Waals surface area contributed by atoms with Crippen LogP contribution >= 0.6 is 0 Å². The van der Waals surface area contributed by atoms with Crippen LogP contribution in [0.4, 0.5) is 4.39 Å². The molecule has 0 aliphatic carbocycles. The summed E-state index contributed by atoms with van der Waals surface area (Å²) < 4.78 is 18.8. The Morgan fingerprint density at radius 1 is 1.53 bits per heavy atom. The van der Waals surface area contributed by atoms with Gasteiger partial charge >= 0.3 is 0 Å². The lowest BCUT2D eigenvalue weighted by atomic mass is 10.1. The van der Waals surface area contributed by atoms with Gasteiger partial charge in [0.05, 0.1) is 0 Å². The zero-order valence-corrected chi connectivity index (χ0v) is 10.5. The first kappa shape index (κ1) is 12.4. The predicted molar refractivity (Wildman–Crippen MR) is 66.9 cm³/mol. The zero-order valence-electron chi connectivity index (χ0n) is 10.5. The summed E-state index contributed by atoms with van der Waals surface area (Å²) in [4.78, 5) is 0. The molecule has 17 heavy (non-hydrogen) atoms. The summed E-state index contributed by atoms with van der Waals surface area (Å²) in [5, 5.41) is 3.46. The van der Waals surface area contributed by atoms with Gasteiger partial charge in [-0.1, -0.05) is 13.3 Å². The van der Waals surface area contributed by atoms with E-state index in [1.54, 1.807) is 12.1 Å². The van der Waals surface area contributed by atoms with Crippen molar-refractivity contribution >= 4 is 0 Å². The van der Waals surface area contributed by atoms with Gasteiger partial charge < -0.3 is 10.1 Å². The minimum atomic E-state index is -0.180. The molecule has 1 aromatic carbocycles. The van der Waals surface area contributed by atoms with Crippen molar-refractivity contribution in [2.45, 2.75) is 45.3 Å². The standard InChI is InChI=1S/C14H20FNO/c1-3-4-10(2)16-9-13-8-11-7-12(15)5-6-14(11)17-13/h5-7,10,13,16H,3-4,8-9H2,1-2H3. The Morgan fingerprint density at radius 2 is 2.35 bits per heavy atom. The third-order valence-electron chi connectivity index (χ3n) is 3.18. The second-order valence-electron chi connectivity index (χ2n) is 4.79. The van der Waals surface area contributed by atoms with E-state index in [1.807, 2.05) is 0 Å². The number of fused-ring (bicyclic) bond motifs is 1. The van der Waals surface area contributed by atoms with Crippen molar-refractivity contribution in [3.8, 4) is 5.75 Å². The lowest BCUT2D eigenvalue weighted by Gasteiger charge is -2.16. The summed E-state index contributed by atoms with van der Waals surface area (Å²) in [6.45, 7) is 5.20. The average molecular weight is 237 g/mol. The SMILES string of the molecule is CCCC(C)NCC1Cc2cc(F)ccc2O1. The Morgan fingerprint density at radius 3 is 3.12 bits per heavy atom. The second-order valence-corrected chi connectivity index (χ2v) is 4.79. The third kappa shape index (κ3) is 3.19. The first-order valence-corrected chi connectivity index (χ1v) is 6.37. The normalized spacial score (nSPS) is 19.8. The minimum absolute atomic E-state index is 0.145. The molecule has 2 unspecified atom stereocenters. The van der Waals surface area contributed by atoms with E-state index in [4.69, 9.17) is 4.74 Å². The Balaban J connectivity index is 1.84. The Bertz CT molecular complexity index is 380. The molecule has 94 valence electrons. The molecular weight excluding hydrogens is 217 g/mol. The smallest absolute Gasteiger partial charge is 0.123 e. The molecule has 0 spiro atoms. The van der Waals surface area contributed by atoms with Crippen LogP contribution in [-0.4, -0.2) is 18.7 Å². The van der Waals surface area contributed by atoms with Crippen molar-refractivity contribution in [1.29, 1.82) is 0 Å². The van der Waals surface area contributed by atoms with E-state index >= 15 is 0 Å². The molecule has 2 nitrogen and oxygen atoms in total. The van der Waals surface area contributed by atoms with Crippen molar-refractivity contribution < 1.29 is 9.13 Å². The monoisotopic (exact) mass is 237 g/mol. The van der Waals surface area contributed by atoms with Crippen molar-refractivity contribution in [3.63, 3.8) is 0 Å². The number of halogens is 1. The van der Waals surface area contributed by atoms with E-state index in [2.05, 4.69) is 19.2 Å². The zero-order chi connectivity index (χ0) is 12.3. The van der Waals surface area contributed by atoms with Gasteiger partial charge in [0, 0.05) is 24.6 Å². The molecule has 1 aliphatic heterocycles. The van der Waals surface area contributed by atoms with E-state index in [0.717, 1.165) is 24.3 Å². The third-order valence-corrected chi connectivity index (χ3v) is 3.18. The maximum Gasteiger partial charge on any atom is 0.123 e. The quantitative estimate of drug-likeness (QED) is 0.850. The van der Waals surface area contributed by atoms with Gasteiger partial charge in [0.2, 0.25) is 0 Å². The minimum Gasteiger partial charge on any atom is -0.488 e. The van der Waals surface area contributed by atoms with Crippen LogP contribution in [0.5, 0.6) is 5.75 Å². The predicted octanol–water partition coefficient (Wildman–Crippen LogP) is 2.91. The van der Waals surface area contributed by atoms with Crippen molar-refractivity contribution in [2.75, 3.05) is 6.54 Å². The van der Waals surface area contributed by atoms with Crippen LogP contribution in [0.3, 0.4) is 0 Å².